The van der Waals surface area contributed by atoms with Crippen LogP contribution in [0, 0.1) is 6.92 Å². The summed E-state index contributed by atoms with van der Waals surface area (Å²) >= 11 is 0. The average Bonchev–Trinajstić information content (AvgIpc) is 3.03. The molecule has 6 heteroatoms. The topological polar surface area (TPSA) is 69.0 Å². The van der Waals surface area contributed by atoms with E-state index in [2.05, 4.69) is 22.3 Å². The molecule has 0 bridgehead atoms. The van der Waals surface area contributed by atoms with E-state index in [0.717, 1.165) is 24.1 Å². The predicted octanol–water partition coefficient (Wildman–Crippen LogP) is 3.22. The fourth-order valence-corrected chi connectivity index (χ4v) is 2.97. The third kappa shape index (κ3) is 2.91. The van der Waals surface area contributed by atoms with Gasteiger partial charge < -0.3 is 10.1 Å². The molecule has 1 aliphatic heterocycles. The Bertz CT molecular complexity index is 762. The fraction of sp³-hybridized carbons (Fsp3) is 0.389. The second-order valence-electron chi connectivity index (χ2n) is 5.83. The van der Waals surface area contributed by atoms with Gasteiger partial charge in [0.25, 0.3) is 0 Å². The fourth-order valence-electron chi connectivity index (χ4n) is 2.97. The molecule has 0 amide bonds. The number of hydrogen-bond donors (Lipinski definition) is 1. The van der Waals surface area contributed by atoms with Gasteiger partial charge in [-0.1, -0.05) is 43.2 Å². The van der Waals surface area contributed by atoms with Crippen molar-refractivity contribution < 1.29 is 9.53 Å². The van der Waals surface area contributed by atoms with Crippen molar-refractivity contribution >= 4 is 11.9 Å². The van der Waals surface area contributed by atoms with Gasteiger partial charge in [-0.15, -0.1) is 0 Å². The van der Waals surface area contributed by atoms with Crippen molar-refractivity contribution in [3.8, 4) is 0 Å². The Morgan fingerprint density at radius 3 is 2.71 bits per heavy atom. The number of carbonyl (C=O) groups is 1. The Morgan fingerprint density at radius 1 is 1.29 bits per heavy atom. The van der Waals surface area contributed by atoms with Crippen LogP contribution < -0.4 is 5.32 Å². The molecule has 3 rings (SSSR count). The monoisotopic (exact) mass is 326 g/mol. The lowest BCUT2D eigenvalue weighted by molar-refractivity contribution is -0.139. The highest BCUT2D eigenvalue weighted by Gasteiger charge is 2.35. The van der Waals surface area contributed by atoms with Gasteiger partial charge in [0.05, 0.1) is 12.2 Å². The Kier molecular flexibility index (Phi) is 4.64. The SMILES string of the molecule is CCCC1=C(C(=O)OCC)C(c2ccc(C)cc2)n2ncnc2N1. The average molecular weight is 326 g/mol. The first-order valence-corrected chi connectivity index (χ1v) is 8.29. The summed E-state index contributed by atoms with van der Waals surface area (Å²) in [5.41, 5.74) is 3.63. The van der Waals surface area contributed by atoms with Crippen molar-refractivity contribution in [3.05, 3.63) is 53.0 Å². The first-order valence-electron chi connectivity index (χ1n) is 8.29. The lowest BCUT2D eigenvalue weighted by Crippen LogP contribution is -2.30. The Morgan fingerprint density at radius 2 is 2.04 bits per heavy atom. The van der Waals surface area contributed by atoms with E-state index in [-0.39, 0.29) is 12.0 Å². The van der Waals surface area contributed by atoms with Crippen molar-refractivity contribution in [2.45, 2.75) is 39.7 Å². The number of allylic oxidation sites excluding steroid dienone is 1. The number of benzene rings is 1. The van der Waals surface area contributed by atoms with Crippen molar-refractivity contribution in [3.63, 3.8) is 0 Å². The minimum atomic E-state index is -0.329. The molecule has 2 aromatic rings. The maximum absolute atomic E-state index is 12.7. The zero-order valence-corrected chi connectivity index (χ0v) is 14.2. The smallest absolute Gasteiger partial charge is 0.338 e. The molecule has 0 aliphatic carbocycles. The number of fused-ring (bicyclic) bond motifs is 1. The number of aryl methyl sites for hydroxylation is 1. The van der Waals surface area contributed by atoms with E-state index in [1.807, 2.05) is 38.1 Å². The molecule has 126 valence electrons. The number of aromatic nitrogens is 3. The zero-order chi connectivity index (χ0) is 17.1. The molecule has 0 saturated heterocycles. The van der Waals surface area contributed by atoms with Gasteiger partial charge in [-0.25, -0.2) is 9.48 Å². The van der Waals surface area contributed by atoms with Crippen LogP contribution in [0.4, 0.5) is 5.95 Å². The molecular formula is C18H22N4O2. The van der Waals surface area contributed by atoms with Crippen molar-refractivity contribution in [1.29, 1.82) is 0 Å². The maximum atomic E-state index is 12.7. The van der Waals surface area contributed by atoms with Crippen LogP contribution in [0.5, 0.6) is 0 Å². The molecule has 24 heavy (non-hydrogen) atoms. The third-order valence-corrected chi connectivity index (χ3v) is 4.07. The minimum absolute atomic E-state index is 0.305. The molecule has 1 aromatic heterocycles. The molecule has 1 aliphatic rings. The number of nitrogens with one attached hydrogen (secondary N) is 1. The molecule has 0 saturated carbocycles. The normalized spacial score (nSPS) is 16.5. The minimum Gasteiger partial charge on any atom is -0.463 e. The highest BCUT2D eigenvalue weighted by Crippen LogP contribution is 2.36. The summed E-state index contributed by atoms with van der Waals surface area (Å²) in [5.74, 6) is 0.345. The molecule has 1 aromatic carbocycles. The van der Waals surface area contributed by atoms with E-state index in [1.165, 1.54) is 11.9 Å². The summed E-state index contributed by atoms with van der Waals surface area (Å²) in [7, 11) is 0. The molecule has 1 N–H and O–H groups in total. The first kappa shape index (κ1) is 16.2. The van der Waals surface area contributed by atoms with Gasteiger partial charge in [-0.2, -0.15) is 10.1 Å². The largest absolute Gasteiger partial charge is 0.463 e. The second kappa shape index (κ2) is 6.86. The van der Waals surface area contributed by atoms with Crippen LogP contribution >= 0.6 is 0 Å². The Hall–Kier alpha value is -2.63. The molecule has 0 fully saturated rings. The molecule has 2 heterocycles. The molecule has 6 nitrogen and oxygen atoms in total. The van der Waals surface area contributed by atoms with Gasteiger partial charge in [0, 0.05) is 5.70 Å². The Balaban J connectivity index is 2.15. The van der Waals surface area contributed by atoms with Crippen LogP contribution in [0.2, 0.25) is 0 Å². The number of ether oxygens (including phenoxy) is 1. The van der Waals surface area contributed by atoms with Crippen LogP contribution in [0.15, 0.2) is 41.9 Å². The van der Waals surface area contributed by atoms with Gasteiger partial charge in [-0.3, -0.25) is 0 Å². The van der Waals surface area contributed by atoms with Crippen LogP contribution in [0.25, 0.3) is 0 Å². The van der Waals surface area contributed by atoms with E-state index in [9.17, 15) is 4.79 Å². The zero-order valence-electron chi connectivity index (χ0n) is 14.2. The van der Waals surface area contributed by atoms with E-state index in [1.54, 1.807) is 4.68 Å². The van der Waals surface area contributed by atoms with Gasteiger partial charge in [0.1, 0.15) is 12.4 Å². The van der Waals surface area contributed by atoms with Crippen molar-refractivity contribution in [2.75, 3.05) is 11.9 Å². The second-order valence-corrected chi connectivity index (χ2v) is 5.83. The van der Waals surface area contributed by atoms with Gasteiger partial charge in [-0.05, 0) is 25.8 Å². The van der Waals surface area contributed by atoms with E-state index < -0.39 is 0 Å². The summed E-state index contributed by atoms with van der Waals surface area (Å²) in [4.78, 5) is 17.0. The number of rotatable bonds is 5. The molecule has 0 radical (unpaired) electrons. The number of carbonyl (C=O) groups excluding carboxylic acids is 1. The maximum Gasteiger partial charge on any atom is 0.338 e. The summed E-state index contributed by atoms with van der Waals surface area (Å²) in [6.45, 7) is 6.28. The summed E-state index contributed by atoms with van der Waals surface area (Å²) in [6, 6.07) is 7.80. The highest BCUT2D eigenvalue weighted by molar-refractivity contribution is 5.92. The highest BCUT2D eigenvalue weighted by atomic mass is 16.5. The van der Waals surface area contributed by atoms with Crippen molar-refractivity contribution in [1.82, 2.24) is 14.8 Å². The lowest BCUT2D eigenvalue weighted by atomic mass is 9.93. The van der Waals surface area contributed by atoms with E-state index >= 15 is 0 Å². The van der Waals surface area contributed by atoms with Gasteiger partial charge in [0.2, 0.25) is 5.95 Å². The summed E-state index contributed by atoms with van der Waals surface area (Å²) < 4.78 is 7.07. The van der Waals surface area contributed by atoms with Crippen LogP contribution in [-0.4, -0.2) is 27.3 Å². The van der Waals surface area contributed by atoms with Crippen LogP contribution in [0.1, 0.15) is 43.9 Å². The number of nitrogens with zero attached hydrogens (tertiary/aromatic N) is 3. The molecular weight excluding hydrogens is 304 g/mol. The standard InChI is InChI=1S/C18H22N4O2/c1-4-6-14-15(17(23)24-5-2)16(13-9-7-12(3)8-10-13)22-18(21-14)19-11-20-22/h7-11,16H,4-6H2,1-3H3,(H,19,20,21). The van der Waals surface area contributed by atoms with Crippen LogP contribution in [-0.2, 0) is 9.53 Å². The van der Waals surface area contributed by atoms with Crippen LogP contribution in [0.3, 0.4) is 0 Å². The number of anilines is 1. The van der Waals surface area contributed by atoms with Gasteiger partial charge in [0.15, 0.2) is 0 Å². The summed E-state index contributed by atoms with van der Waals surface area (Å²) in [5, 5.41) is 7.57. The van der Waals surface area contributed by atoms with Crippen molar-refractivity contribution in [2.24, 2.45) is 0 Å². The Labute approximate surface area is 141 Å². The summed E-state index contributed by atoms with van der Waals surface area (Å²) in [6.07, 6.45) is 3.17. The lowest BCUT2D eigenvalue weighted by Gasteiger charge is -2.29. The first-order chi connectivity index (χ1) is 11.7. The molecule has 1 atom stereocenters. The number of esters is 1. The quantitative estimate of drug-likeness (QED) is 0.854. The number of hydrogen-bond acceptors (Lipinski definition) is 5. The van der Waals surface area contributed by atoms with E-state index in [0.29, 0.717) is 18.1 Å². The van der Waals surface area contributed by atoms with E-state index in [4.69, 9.17) is 4.74 Å². The third-order valence-electron chi connectivity index (χ3n) is 4.07. The predicted molar refractivity (Wildman–Crippen MR) is 91.5 cm³/mol. The molecule has 1 unspecified atom stereocenters. The van der Waals surface area contributed by atoms with Gasteiger partial charge >= 0.3 is 5.97 Å². The molecule has 0 spiro atoms.